The number of rotatable bonds is 5. The van der Waals surface area contributed by atoms with Crippen molar-refractivity contribution in [2.45, 2.75) is 38.8 Å². The molecule has 2 saturated carbocycles. The number of hydrogen-bond donors (Lipinski definition) is 1. The largest absolute Gasteiger partial charge is 0.322 e. The van der Waals surface area contributed by atoms with Crippen molar-refractivity contribution in [2.24, 2.45) is 17.8 Å². The van der Waals surface area contributed by atoms with Crippen LogP contribution in [0.15, 0.2) is 24.3 Å². The van der Waals surface area contributed by atoms with E-state index in [1.165, 1.54) is 36.8 Å². The number of hydrogen-bond acceptors (Lipinski definition) is 2. The maximum absolute atomic E-state index is 12.3. The van der Waals surface area contributed by atoms with Gasteiger partial charge in [0.1, 0.15) is 6.17 Å². The lowest BCUT2D eigenvalue weighted by atomic mass is 9.96. The lowest BCUT2D eigenvalue weighted by Crippen LogP contribution is -2.36. The smallest absolute Gasteiger partial charge is 0.238 e. The Morgan fingerprint density at radius 3 is 2.33 bits per heavy atom. The van der Waals surface area contributed by atoms with Gasteiger partial charge in [-0.25, -0.2) is 0 Å². The molecule has 1 unspecified atom stereocenters. The predicted molar refractivity (Wildman–Crippen MR) is 82.6 cm³/mol. The molecular weight excluding hydrogens is 260 g/mol. The molecule has 112 valence electrons. The quantitative estimate of drug-likeness (QED) is 0.901. The highest BCUT2D eigenvalue weighted by Gasteiger charge is 2.44. The molecule has 0 bridgehead atoms. The molecule has 1 aromatic carbocycles. The summed E-state index contributed by atoms with van der Waals surface area (Å²) in [6.45, 7) is 3.55. The number of nitrogens with zero attached hydrogens (tertiary/aromatic N) is 1. The third kappa shape index (κ3) is 2.71. The lowest BCUT2D eigenvalue weighted by Gasteiger charge is -2.29. The van der Waals surface area contributed by atoms with Gasteiger partial charge in [0, 0.05) is 6.54 Å². The summed E-state index contributed by atoms with van der Waals surface area (Å²) in [5, 5.41) is 3.39. The van der Waals surface area contributed by atoms with E-state index in [0.717, 1.165) is 24.3 Å². The van der Waals surface area contributed by atoms with Crippen LogP contribution in [0.25, 0.3) is 0 Å². The van der Waals surface area contributed by atoms with Gasteiger partial charge in [-0.15, -0.1) is 0 Å². The highest BCUT2D eigenvalue weighted by molar-refractivity contribution is 5.81. The first kappa shape index (κ1) is 13.3. The average molecular weight is 284 g/mol. The summed E-state index contributed by atoms with van der Waals surface area (Å²) in [5.41, 5.74) is 2.49. The van der Waals surface area contributed by atoms with Crippen molar-refractivity contribution in [3.8, 4) is 0 Å². The standard InChI is InChI=1S/C18H24N2O/c1-12-2-4-15(5-3-12)18-19-10-17(21)20(18)11-16(13-6-7-13)14-8-9-14/h2-5,13-14,16,18-19H,6-11H2,1H3. The molecule has 3 fully saturated rings. The van der Waals surface area contributed by atoms with Crippen molar-refractivity contribution in [1.29, 1.82) is 0 Å². The van der Waals surface area contributed by atoms with Crippen molar-refractivity contribution >= 4 is 5.91 Å². The number of carbonyl (C=O) groups excluding carboxylic acids is 1. The van der Waals surface area contributed by atoms with Crippen LogP contribution in [0.3, 0.4) is 0 Å². The first-order valence-electron chi connectivity index (χ1n) is 8.32. The Hall–Kier alpha value is -1.35. The van der Waals surface area contributed by atoms with Gasteiger partial charge in [-0.1, -0.05) is 29.8 Å². The van der Waals surface area contributed by atoms with E-state index < -0.39 is 0 Å². The van der Waals surface area contributed by atoms with Crippen LogP contribution in [0.4, 0.5) is 0 Å². The van der Waals surface area contributed by atoms with Crippen LogP contribution >= 0.6 is 0 Å². The number of carbonyl (C=O) groups is 1. The third-order valence-corrected chi connectivity index (χ3v) is 5.33. The fourth-order valence-electron chi connectivity index (χ4n) is 3.75. The van der Waals surface area contributed by atoms with E-state index in [2.05, 4.69) is 41.4 Å². The second kappa shape index (κ2) is 5.13. The zero-order valence-electron chi connectivity index (χ0n) is 12.7. The second-order valence-corrected chi connectivity index (χ2v) is 7.08. The fourth-order valence-corrected chi connectivity index (χ4v) is 3.75. The molecule has 0 radical (unpaired) electrons. The maximum Gasteiger partial charge on any atom is 0.238 e. The first-order chi connectivity index (χ1) is 10.2. The molecule has 1 aromatic rings. The van der Waals surface area contributed by atoms with Gasteiger partial charge in [-0.05, 0) is 55.9 Å². The lowest BCUT2D eigenvalue weighted by molar-refractivity contribution is -0.128. The monoisotopic (exact) mass is 284 g/mol. The number of aryl methyl sites for hydroxylation is 1. The molecule has 21 heavy (non-hydrogen) atoms. The molecule has 1 heterocycles. The summed E-state index contributed by atoms with van der Waals surface area (Å²) in [7, 11) is 0. The minimum atomic E-state index is 0.0816. The Bertz CT molecular complexity index is 519. The van der Waals surface area contributed by atoms with Crippen LogP contribution in [0, 0.1) is 24.7 Å². The van der Waals surface area contributed by atoms with Gasteiger partial charge in [0.05, 0.1) is 6.54 Å². The van der Waals surface area contributed by atoms with E-state index in [1.54, 1.807) is 0 Å². The molecule has 3 heteroatoms. The van der Waals surface area contributed by atoms with Gasteiger partial charge in [0.2, 0.25) is 5.91 Å². The Kier molecular flexibility index (Phi) is 3.26. The van der Waals surface area contributed by atoms with E-state index in [-0.39, 0.29) is 12.1 Å². The normalized spacial score (nSPS) is 25.9. The van der Waals surface area contributed by atoms with Crippen LogP contribution in [0.5, 0.6) is 0 Å². The molecule has 3 aliphatic rings. The molecule has 1 saturated heterocycles. The van der Waals surface area contributed by atoms with E-state index >= 15 is 0 Å². The van der Waals surface area contributed by atoms with Crippen molar-refractivity contribution in [1.82, 2.24) is 10.2 Å². The Labute approximate surface area is 126 Å². The molecule has 4 rings (SSSR count). The molecule has 1 amide bonds. The molecule has 2 aliphatic carbocycles. The van der Waals surface area contributed by atoms with Gasteiger partial charge in [-0.2, -0.15) is 0 Å². The SMILES string of the molecule is Cc1ccc(C2NCC(=O)N2CC(C2CC2)C2CC2)cc1. The van der Waals surface area contributed by atoms with Crippen molar-refractivity contribution in [3.63, 3.8) is 0 Å². The number of benzene rings is 1. The van der Waals surface area contributed by atoms with Crippen LogP contribution in [0.2, 0.25) is 0 Å². The van der Waals surface area contributed by atoms with E-state index in [9.17, 15) is 4.79 Å². The van der Waals surface area contributed by atoms with Crippen molar-refractivity contribution < 1.29 is 4.79 Å². The summed E-state index contributed by atoms with van der Waals surface area (Å²) >= 11 is 0. The summed E-state index contributed by atoms with van der Waals surface area (Å²) in [6.07, 6.45) is 5.60. The third-order valence-electron chi connectivity index (χ3n) is 5.33. The minimum Gasteiger partial charge on any atom is -0.322 e. The average Bonchev–Trinajstić information content (AvgIpc) is 3.38. The van der Waals surface area contributed by atoms with Gasteiger partial charge in [-0.3, -0.25) is 10.1 Å². The molecule has 3 nitrogen and oxygen atoms in total. The van der Waals surface area contributed by atoms with Gasteiger partial charge >= 0.3 is 0 Å². The highest BCUT2D eigenvalue weighted by atomic mass is 16.2. The van der Waals surface area contributed by atoms with Crippen LogP contribution in [-0.4, -0.2) is 23.9 Å². The molecule has 0 spiro atoms. The summed E-state index contributed by atoms with van der Waals surface area (Å²) in [6, 6.07) is 8.58. The Morgan fingerprint density at radius 1 is 1.14 bits per heavy atom. The molecule has 0 aromatic heterocycles. The highest BCUT2D eigenvalue weighted by Crippen LogP contribution is 2.50. The zero-order valence-corrected chi connectivity index (χ0v) is 12.7. The van der Waals surface area contributed by atoms with Crippen molar-refractivity contribution in [2.75, 3.05) is 13.1 Å². The van der Waals surface area contributed by atoms with Crippen LogP contribution in [-0.2, 0) is 4.79 Å². The Morgan fingerprint density at radius 2 is 1.76 bits per heavy atom. The summed E-state index contributed by atoms with van der Waals surface area (Å²) in [4.78, 5) is 14.4. The van der Waals surface area contributed by atoms with Gasteiger partial charge < -0.3 is 4.90 Å². The summed E-state index contributed by atoms with van der Waals surface area (Å²) < 4.78 is 0. The first-order valence-corrected chi connectivity index (χ1v) is 8.32. The van der Waals surface area contributed by atoms with Crippen LogP contribution in [0.1, 0.15) is 43.0 Å². The van der Waals surface area contributed by atoms with E-state index in [0.29, 0.717) is 6.54 Å². The van der Waals surface area contributed by atoms with E-state index in [1.807, 2.05) is 0 Å². The fraction of sp³-hybridized carbons (Fsp3) is 0.611. The topological polar surface area (TPSA) is 32.3 Å². The van der Waals surface area contributed by atoms with Crippen LogP contribution < -0.4 is 5.32 Å². The second-order valence-electron chi connectivity index (χ2n) is 7.08. The maximum atomic E-state index is 12.3. The van der Waals surface area contributed by atoms with Crippen molar-refractivity contribution in [3.05, 3.63) is 35.4 Å². The zero-order chi connectivity index (χ0) is 14.4. The predicted octanol–water partition coefficient (Wildman–Crippen LogP) is 2.86. The summed E-state index contributed by atoms with van der Waals surface area (Å²) in [5.74, 6) is 2.81. The number of nitrogens with one attached hydrogen (secondary N) is 1. The Balaban J connectivity index is 1.53. The number of amides is 1. The molecular formula is C18H24N2O. The van der Waals surface area contributed by atoms with E-state index in [4.69, 9.17) is 0 Å². The molecule has 1 atom stereocenters. The minimum absolute atomic E-state index is 0.0816. The van der Waals surface area contributed by atoms with Gasteiger partial charge in [0.15, 0.2) is 0 Å². The van der Waals surface area contributed by atoms with Gasteiger partial charge in [0.25, 0.3) is 0 Å². The molecule has 1 N–H and O–H groups in total. The molecule has 1 aliphatic heterocycles.